The highest BCUT2D eigenvalue weighted by molar-refractivity contribution is 6.26. The van der Waals surface area contributed by atoms with Gasteiger partial charge in [0.05, 0.1) is 12.2 Å². The van der Waals surface area contributed by atoms with E-state index in [9.17, 15) is 0 Å². The molecular weight excluding hydrogens is 192 g/mol. The van der Waals surface area contributed by atoms with E-state index in [4.69, 9.17) is 9.16 Å². The molecule has 82 valence electrons. The van der Waals surface area contributed by atoms with Gasteiger partial charge in [-0.15, -0.1) is 0 Å². The molecule has 1 aliphatic heterocycles. The van der Waals surface area contributed by atoms with Gasteiger partial charge in [0.15, 0.2) is 9.76 Å². The molecule has 3 unspecified atom stereocenters. The van der Waals surface area contributed by atoms with Gasteiger partial charge in [0, 0.05) is 6.61 Å². The van der Waals surface area contributed by atoms with Gasteiger partial charge in [-0.3, -0.25) is 0 Å². The molecule has 0 bridgehead atoms. The smallest absolute Gasteiger partial charge is 0.161 e. The van der Waals surface area contributed by atoms with Crippen LogP contribution in [0.15, 0.2) is 0 Å². The molecule has 0 aromatic heterocycles. The summed E-state index contributed by atoms with van der Waals surface area (Å²) in [7, 11) is -0.189. The van der Waals surface area contributed by atoms with Gasteiger partial charge < -0.3 is 9.16 Å². The van der Waals surface area contributed by atoms with E-state index in [1.54, 1.807) is 0 Å². The molecule has 2 fully saturated rings. The lowest BCUT2D eigenvalue weighted by Gasteiger charge is -2.18. The Hall–Kier alpha value is 0.137. The minimum Gasteiger partial charge on any atom is -0.424 e. The summed E-state index contributed by atoms with van der Waals surface area (Å²) in [5, 5.41) is 0. The summed E-state index contributed by atoms with van der Waals surface area (Å²) in [5.74, 6) is 0.955. The molecular formula is C11H22O2Si. The van der Waals surface area contributed by atoms with Crippen LogP contribution in [-0.2, 0) is 9.16 Å². The second-order valence-corrected chi connectivity index (χ2v) is 6.17. The average molecular weight is 214 g/mol. The largest absolute Gasteiger partial charge is 0.424 e. The van der Waals surface area contributed by atoms with Crippen LogP contribution in [0, 0.1) is 5.92 Å². The van der Waals surface area contributed by atoms with Gasteiger partial charge in [-0.25, -0.2) is 0 Å². The maximum absolute atomic E-state index is 5.62. The van der Waals surface area contributed by atoms with Crippen molar-refractivity contribution >= 4 is 9.76 Å². The molecule has 2 aliphatic rings. The van der Waals surface area contributed by atoms with Crippen LogP contribution in [0.2, 0.25) is 6.04 Å². The first kappa shape index (κ1) is 10.6. The predicted molar refractivity (Wildman–Crippen MR) is 60.2 cm³/mol. The van der Waals surface area contributed by atoms with E-state index in [0.29, 0.717) is 12.2 Å². The molecule has 2 nitrogen and oxygen atoms in total. The Morgan fingerprint density at radius 2 is 2.29 bits per heavy atom. The minimum atomic E-state index is -0.189. The Kier molecular flexibility index (Phi) is 4.02. The van der Waals surface area contributed by atoms with Gasteiger partial charge >= 0.3 is 0 Å². The van der Waals surface area contributed by atoms with Crippen molar-refractivity contribution in [1.29, 1.82) is 0 Å². The molecule has 0 aromatic carbocycles. The van der Waals surface area contributed by atoms with Crippen molar-refractivity contribution in [1.82, 2.24) is 0 Å². The van der Waals surface area contributed by atoms with E-state index >= 15 is 0 Å². The summed E-state index contributed by atoms with van der Waals surface area (Å²) in [6.07, 6.45) is 7.98. The fourth-order valence-electron chi connectivity index (χ4n) is 2.47. The molecule has 1 saturated heterocycles. The molecule has 0 aromatic rings. The van der Waals surface area contributed by atoms with Gasteiger partial charge in [-0.2, -0.15) is 0 Å². The zero-order valence-corrected chi connectivity index (χ0v) is 10.6. The third kappa shape index (κ3) is 3.07. The van der Waals surface area contributed by atoms with Crippen LogP contribution in [0.3, 0.4) is 0 Å². The molecule has 0 spiro atoms. The van der Waals surface area contributed by atoms with E-state index in [1.165, 1.54) is 38.1 Å². The third-order valence-corrected chi connectivity index (χ3v) is 4.64. The SMILES string of the molecule is CCCO[SiH2]CCC1CCC2OC2C1. The molecule has 0 N–H and O–H groups in total. The molecule has 0 amide bonds. The lowest BCUT2D eigenvalue weighted by Crippen LogP contribution is -2.14. The fraction of sp³-hybridized carbons (Fsp3) is 1.00. The zero-order valence-electron chi connectivity index (χ0n) is 9.21. The molecule has 2 rings (SSSR count). The molecule has 1 aliphatic carbocycles. The van der Waals surface area contributed by atoms with Crippen molar-refractivity contribution in [3.8, 4) is 0 Å². The number of hydrogen-bond acceptors (Lipinski definition) is 2. The highest BCUT2D eigenvalue weighted by Crippen LogP contribution is 2.40. The standard InChI is InChI=1S/C11H22O2Si/c1-2-6-12-14-7-5-9-3-4-10-11(8-9)13-10/h9-11H,2-8,14H2,1H3. The van der Waals surface area contributed by atoms with Gasteiger partial charge in [-0.1, -0.05) is 13.3 Å². The van der Waals surface area contributed by atoms with Gasteiger partial charge in [-0.05, 0) is 37.6 Å². The van der Waals surface area contributed by atoms with Crippen LogP contribution in [-0.4, -0.2) is 28.6 Å². The monoisotopic (exact) mass is 214 g/mol. The van der Waals surface area contributed by atoms with Crippen molar-refractivity contribution in [3.05, 3.63) is 0 Å². The number of hydrogen-bond donors (Lipinski definition) is 0. The third-order valence-electron chi connectivity index (χ3n) is 3.36. The van der Waals surface area contributed by atoms with Gasteiger partial charge in [0.25, 0.3) is 0 Å². The zero-order chi connectivity index (χ0) is 9.80. The first-order chi connectivity index (χ1) is 6.90. The Balaban J connectivity index is 1.48. The molecule has 1 heterocycles. The summed E-state index contributed by atoms with van der Waals surface area (Å²) in [6, 6.07) is 1.38. The maximum Gasteiger partial charge on any atom is 0.161 e. The Morgan fingerprint density at radius 3 is 3.07 bits per heavy atom. The van der Waals surface area contributed by atoms with E-state index in [-0.39, 0.29) is 9.76 Å². The van der Waals surface area contributed by atoms with Crippen LogP contribution in [0.5, 0.6) is 0 Å². The van der Waals surface area contributed by atoms with E-state index < -0.39 is 0 Å². The summed E-state index contributed by atoms with van der Waals surface area (Å²) in [6.45, 7) is 3.17. The Labute approximate surface area is 89.3 Å². The first-order valence-corrected chi connectivity index (χ1v) is 7.71. The summed E-state index contributed by atoms with van der Waals surface area (Å²) in [5.41, 5.74) is 0. The normalized spacial score (nSPS) is 36.2. The van der Waals surface area contributed by atoms with Crippen molar-refractivity contribution in [2.45, 2.75) is 57.3 Å². The van der Waals surface area contributed by atoms with Gasteiger partial charge in [0.2, 0.25) is 0 Å². The topological polar surface area (TPSA) is 21.8 Å². The van der Waals surface area contributed by atoms with Crippen LogP contribution >= 0.6 is 0 Å². The quantitative estimate of drug-likeness (QED) is 0.382. The van der Waals surface area contributed by atoms with Gasteiger partial charge in [0.1, 0.15) is 0 Å². The van der Waals surface area contributed by atoms with Crippen molar-refractivity contribution in [3.63, 3.8) is 0 Å². The molecule has 3 heteroatoms. The average Bonchev–Trinajstić information content (AvgIpc) is 2.95. The predicted octanol–water partition coefficient (Wildman–Crippen LogP) is 1.87. The van der Waals surface area contributed by atoms with Crippen LogP contribution in [0.4, 0.5) is 0 Å². The number of epoxide rings is 1. The van der Waals surface area contributed by atoms with E-state index in [1.807, 2.05) is 0 Å². The van der Waals surface area contributed by atoms with Crippen LogP contribution in [0.1, 0.15) is 39.0 Å². The number of fused-ring (bicyclic) bond motifs is 1. The minimum absolute atomic E-state index is 0.189. The van der Waals surface area contributed by atoms with Crippen LogP contribution < -0.4 is 0 Å². The number of rotatable bonds is 6. The van der Waals surface area contributed by atoms with E-state index in [0.717, 1.165) is 12.5 Å². The van der Waals surface area contributed by atoms with Crippen LogP contribution in [0.25, 0.3) is 0 Å². The second kappa shape index (κ2) is 5.28. The molecule has 3 atom stereocenters. The summed E-state index contributed by atoms with van der Waals surface area (Å²) < 4.78 is 11.2. The van der Waals surface area contributed by atoms with Crippen molar-refractivity contribution in [2.24, 2.45) is 5.92 Å². The summed E-state index contributed by atoms with van der Waals surface area (Å²) >= 11 is 0. The first-order valence-electron chi connectivity index (χ1n) is 6.13. The van der Waals surface area contributed by atoms with Crippen molar-refractivity contribution in [2.75, 3.05) is 6.61 Å². The van der Waals surface area contributed by atoms with E-state index in [2.05, 4.69) is 6.92 Å². The molecule has 0 radical (unpaired) electrons. The summed E-state index contributed by atoms with van der Waals surface area (Å²) in [4.78, 5) is 0. The molecule has 1 saturated carbocycles. The Bertz CT molecular complexity index is 175. The highest BCUT2D eigenvalue weighted by atomic mass is 28.2. The highest BCUT2D eigenvalue weighted by Gasteiger charge is 2.43. The fourth-order valence-corrected chi connectivity index (χ4v) is 3.91. The second-order valence-electron chi connectivity index (χ2n) is 4.65. The lowest BCUT2D eigenvalue weighted by molar-refractivity contribution is 0.325. The lowest BCUT2D eigenvalue weighted by atomic mass is 9.88. The number of ether oxygens (including phenoxy) is 1. The van der Waals surface area contributed by atoms with Crippen molar-refractivity contribution < 1.29 is 9.16 Å². The Morgan fingerprint density at radius 1 is 1.36 bits per heavy atom. The molecule has 14 heavy (non-hydrogen) atoms. The maximum atomic E-state index is 5.62.